The summed E-state index contributed by atoms with van der Waals surface area (Å²) in [7, 11) is 0. The molecule has 0 aliphatic heterocycles. The maximum Gasteiger partial charge on any atom is 0.306 e. The quantitative estimate of drug-likeness (QED) is 0.335. The summed E-state index contributed by atoms with van der Waals surface area (Å²) in [4.78, 5) is 22.9. The lowest BCUT2D eigenvalue weighted by Gasteiger charge is -2.61. The lowest BCUT2D eigenvalue weighted by molar-refractivity contribution is -0.164. The summed E-state index contributed by atoms with van der Waals surface area (Å²) in [6, 6.07) is 0. The van der Waals surface area contributed by atoms with Crippen LogP contribution in [0.4, 0.5) is 0 Å². The number of esters is 1. The Labute approximate surface area is 214 Å². The van der Waals surface area contributed by atoms with Crippen LogP contribution in [0, 0.1) is 52.3 Å². The minimum atomic E-state index is -0.931. The number of ether oxygens (including phenoxy) is 1. The molecule has 4 aliphatic carbocycles. The standard InChI is InChI=1S/C31H52O4/c1-20(2)7-6-8-21(3)25-11-12-26-24-10-9-22-19-23(35-29(34)14-13-28(32)33)15-17-30(22,4)27(24)16-18-31(25,26)5/h20-27H,6-19H2,1-5H3,(H,32,33). The monoisotopic (exact) mass is 488 g/mol. The molecule has 0 aromatic heterocycles. The molecule has 4 aliphatic rings. The van der Waals surface area contributed by atoms with Gasteiger partial charge in [0.05, 0.1) is 12.8 Å². The summed E-state index contributed by atoms with van der Waals surface area (Å²) in [5.74, 6) is 4.60. The number of rotatable bonds is 9. The Hall–Kier alpha value is -1.06. The molecule has 4 heteroatoms. The van der Waals surface area contributed by atoms with Crippen LogP contribution in [-0.4, -0.2) is 23.1 Å². The molecule has 9 unspecified atom stereocenters. The second kappa shape index (κ2) is 10.7. The predicted octanol–water partition coefficient (Wildman–Crippen LogP) is 7.88. The van der Waals surface area contributed by atoms with E-state index in [1.807, 2.05) is 0 Å². The molecule has 4 nitrogen and oxygen atoms in total. The lowest BCUT2D eigenvalue weighted by atomic mass is 9.44. The first kappa shape index (κ1) is 27.0. The zero-order valence-corrected chi connectivity index (χ0v) is 23.2. The second-order valence-corrected chi connectivity index (χ2v) is 14.0. The third-order valence-corrected chi connectivity index (χ3v) is 11.7. The molecule has 0 heterocycles. The van der Waals surface area contributed by atoms with Crippen LogP contribution in [0.15, 0.2) is 0 Å². The van der Waals surface area contributed by atoms with Crippen LogP contribution in [0.3, 0.4) is 0 Å². The van der Waals surface area contributed by atoms with Crippen LogP contribution >= 0.6 is 0 Å². The minimum Gasteiger partial charge on any atom is -0.481 e. The number of aliphatic carboxylic acids is 1. The third kappa shape index (κ3) is 5.47. The van der Waals surface area contributed by atoms with Crippen molar-refractivity contribution >= 4 is 11.9 Å². The van der Waals surface area contributed by atoms with Gasteiger partial charge >= 0.3 is 11.9 Å². The first-order chi connectivity index (χ1) is 16.5. The van der Waals surface area contributed by atoms with Crippen molar-refractivity contribution in [1.29, 1.82) is 0 Å². The second-order valence-electron chi connectivity index (χ2n) is 14.0. The van der Waals surface area contributed by atoms with Crippen molar-refractivity contribution in [2.75, 3.05) is 0 Å². The number of hydrogen-bond acceptors (Lipinski definition) is 3. The number of carboxylic acid groups (broad SMARTS) is 1. The molecule has 0 saturated heterocycles. The van der Waals surface area contributed by atoms with Gasteiger partial charge in [-0.05, 0) is 110 Å². The van der Waals surface area contributed by atoms with Gasteiger partial charge in [-0.1, -0.05) is 53.9 Å². The Balaban J connectivity index is 1.37. The zero-order chi connectivity index (χ0) is 25.4. The van der Waals surface area contributed by atoms with Crippen LogP contribution in [0.5, 0.6) is 0 Å². The van der Waals surface area contributed by atoms with E-state index in [4.69, 9.17) is 9.84 Å². The van der Waals surface area contributed by atoms with Gasteiger partial charge in [-0.3, -0.25) is 9.59 Å². The van der Waals surface area contributed by atoms with Crippen molar-refractivity contribution in [2.24, 2.45) is 52.3 Å². The van der Waals surface area contributed by atoms with E-state index in [9.17, 15) is 9.59 Å². The number of carbonyl (C=O) groups is 2. The van der Waals surface area contributed by atoms with Gasteiger partial charge in [-0.2, -0.15) is 0 Å². The fraction of sp³-hybridized carbons (Fsp3) is 0.935. The molecule has 1 N–H and O–H groups in total. The van der Waals surface area contributed by atoms with Gasteiger partial charge in [-0.15, -0.1) is 0 Å². The SMILES string of the molecule is CC(C)CCCC(C)C1CCC2C3CCC4CC(OC(=O)CCC(=O)O)CCC4(C)C3CCC12C. The van der Waals surface area contributed by atoms with Crippen molar-refractivity contribution in [3.63, 3.8) is 0 Å². The first-order valence-corrected chi connectivity index (χ1v) is 15.0. The normalized spacial score (nSPS) is 41.5. The molecular weight excluding hydrogens is 436 g/mol. The summed E-state index contributed by atoms with van der Waals surface area (Å²) in [6.07, 6.45) is 15.5. The molecule has 4 rings (SSSR count). The minimum absolute atomic E-state index is 0.00418. The van der Waals surface area contributed by atoms with Crippen molar-refractivity contribution in [3.8, 4) is 0 Å². The largest absolute Gasteiger partial charge is 0.481 e. The molecule has 4 fully saturated rings. The van der Waals surface area contributed by atoms with E-state index in [0.717, 1.165) is 54.8 Å². The van der Waals surface area contributed by atoms with E-state index in [1.54, 1.807) is 0 Å². The van der Waals surface area contributed by atoms with Crippen molar-refractivity contribution in [1.82, 2.24) is 0 Å². The number of carbonyl (C=O) groups excluding carboxylic acids is 1. The average molecular weight is 489 g/mol. The summed E-state index contributed by atoms with van der Waals surface area (Å²) in [6.45, 7) is 12.5. The zero-order valence-electron chi connectivity index (χ0n) is 23.2. The Morgan fingerprint density at radius 2 is 1.60 bits per heavy atom. The van der Waals surface area contributed by atoms with E-state index in [0.29, 0.717) is 16.7 Å². The van der Waals surface area contributed by atoms with Gasteiger partial charge in [0.25, 0.3) is 0 Å². The molecule has 0 aromatic carbocycles. The molecule has 0 amide bonds. The van der Waals surface area contributed by atoms with Crippen LogP contribution < -0.4 is 0 Å². The molecule has 200 valence electrons. The van der Waals surface area contributed by atoms with E-state index >= 15 is 0 Å². The maximum absolute atomic E-state index is 12.1. The third-order valence-electron chi connectivity index (χ3n) is 11.7. The molecule has 9 atom stereocenters. The van der Waals surface area contributed by atoms with Gasteiger partial charge in [0.15, 0.2) is 0 Å². The highest BCUT2D eigenvalue weighted by Gasteiger charge is 2.60. The highest BCUT2D eigenvalue weighted by Crippen LogP contribution is 2.68. The molecule has 4 saturated carbocycles. The van der Waals surface area contributed by atoms with Gasteiger partial charge in [-0.25, -0.2) is 0 Å². The van der Waals surface area contributed by atoms with E-state index in [1.165, 1.54) is 57.8 Å². The highest BCUT2D eigenvalue weighted by molar-refractivity contribution is 5.76. The van der Waals surface area contributed by atoms with Gasteiger partial charge in [0.1, 0.15) is 6.10 Å². The van der Waals surface area contributed by atoms with E-state index in [2.05, 4.69) is 34.6 Å². The number of hydrogen-bond donors (Lipinski definition) is 1. The van der Waals surface area contributed by atoms with Crippen molar-refractivity contribution in [2.45, 2.75) is 131 Å². The Morgan fingerprint density at radius 3 is 2.31 bits per heavy atom. The van der Waals surface area contributed by atoms with Crippen molar-refractivity contribution < 1.29 is 19.4 Å². The summed E-state index contributed by atoms with van der Waals surface area (Å²) >= 11 is 0. The maximum atomic E-state index is 12.1. The van der Waals surface area contributed by atoms with Gasteiger partial charge in [0, 0.05) is 0 Å². The van der Waals surface area contributed by atoms with Crippen LogP contribution in [0.1, 0.15) is 125 Å². The van der Waals surface area contributed by atoms with E-state index in [-0.39, 0.29) is 24.9 Å². The number of fused-ring (bicyclic) bond motifs is 5. The first-order valence-electron chi connectivity index (χ1n) is 15.0. The Kier molecular flexibility index (Phi) is 8.28. The molecule has 0 radical (unpaired) electrons. The summed E-state index contributed by atoms with van der Waals surface area (Å²) in [5, 5.41) is 8.85. The summed E-state index contributed by atoms with van der Waals surface area (Å²) in [5.41, 5.74) is 0.924. The Morgan fingerprint density at radius 1 is 0.886 bits per heavy atom. The van der Waals surface area contributed by atoms with Crippen molar-refractivity contribution in [3.05, 3.63) is 0 Å². The molecule has 35 heavy (non-hydrogen) atoms. The Bertz CT molecular complexity index is 761. The van der Waals surface area contributed by atoms with E-state index < -0.39 is 5.97 Å². The van der Waals surface area contributed by atoms with Crippen LogP contribution in [0.2, 0.25) is 0 Å². The smallest absolute Gasteiger partial charge is 0.306 e. The summed E-state index contributed by atoms with van der Waals surface area (Å²) < 4.78 is 5.74. The number of carboxylic acids is 1. The fourth-order valence-corrected chi connectivity index (χ4v) is 9.80. The highest BCUT2D eigenvalue weighted by atomic mass is 16.5. The molecule has 0 bridgehead atoms. The predicted molar refractivity (Wildman–Crippen MR) is 140 cm³/mol. The van der Waals surface area contributed by atoms with Crippen LogP contribution in [-0.2, 0) is 14.3 Å². The fourth-order valence-electron chi connectivity index (χ4n) is 9.80. The molecular formula is C31H52O4. The van der Waals surface area contributed by atoms with Crippen LogP contribution in [0.25, 0.3) is 0 Å². The molecule has 0 aromatic rings. The van der Waals surface area contributed by atoms with Gasteiger partial charge in [0.2, 0.25) is 0 Å². The molecule has 0 spiro atoms. The van der Waals surface area contributed by atoms with Gasteiger partial charge < -0.3 is 9.84 Å². The lowest BCUT2D eigenvalue weighted by Crippen LogP contribution is -2.54. The average Bonchev–Trinajstić information content (AvgIpc) is 3.15. The topological polar surface area (TPSA) is 63.6 Å².